The number of hydrogen-bond acceptors (Lipinski definition) is 4. The Morgan fingerprint density at radius 1 is 1.50 bits per heavy atom. The Morgan fingerprint density at radius 2 is 2.31 bits per heavy atom. The van der Waals surface area contributed by atoms with Crippen molar-refractivity contribution >= 4 is 0 Å². The number of ether oxygens (including phenoxy) is 3. The normalized spacial score (nSPS) is 15.2. The van der Waals surface area contributed by atoms with Crippen LogP contribution in [0.4, 0.5) is 0 Å². The van der Waals surface area contributed by atoms with E-state index < -0.39 is 0 Å². The first-order chi connectivity index (χ1) is 7.83. The van der Waals surface area contributed by atoms with Gasteiger partial charge in [0.05, 0.1) is 32.5 Å². The minimum Gasteiger partial charge on any atom is -0.495 e. The predicted molar refractivity (Wildman–Crippen MR) is 57.1 cm³/mol. The van der Waals surface area contributed by atoms with Gasteiger partial charge in [-0.25, -0.2) is 0 Å². The molecule has 84 valence electrons. The second kappa shape index (κ2) is 4.97. The van der Waals surface area contributed by atoms with Gasteiger partial charge in [0, 0.05) is 0 Å². The van der Waals surface area contributed by atoms with Gasteiger partial charge in [0.1, 0.15) is 17.9 Å². The zero-order chi connectivity index (χ0) is 11.4. The Morgan fingerprint density at radius 3 is 2.88 bits per heavy atom. The molecule has 0 bridgehead atoms. The smallest absolute Gasteiger partial charge is 0.136 e. The second-order valence-electron chi connectivity index (χ2n) is 3.62. The van der Waals surface area contributed by atoms with E-state index in [9.17, 15) is 0 Å². The maximum absolute atomic E-state index is 8.92. The van der Waals surface area contributed by atoms with Crippen molar-refractivity contribution in [3.63, 3.8) is 0 Å². The molecule has 1 aromatic carbocycles. The summed E-state index contributed by atoms with van der Waals surface area (Å²) in [5, 5.41) is 8.92. The summed E-state index contributed by atoms with van der Waals surface area (Å²) < 4.78 is 15.6. The van der Waals surface area contributed by atoms with E-state index in [0.29, 0.717) is 31.1 Å². The van der Waals surface area contributed by atoms with Crippen molar-refractivity contribution in [2.45, 2.75) is 12.7 Å². The molecule has 0 N–H and O–H groups in total. The standard InChI is InChI=1S/C12H13NO3/c1-14-12-3-2-9(4-10(12)5-13)6-16-11-7-15-8-11/h2-4,11H,6-8H2,1H3. The van der Waals surface area contributed by atoms with Crippen LogP contribution in [0, 0.1) is 11.3 Å². The lowest BCUT2D eigenvalue weighted by Gasteiger charge is -2.26. The molecule has 16 heavy (non-hydrogen) atoms. The van der Waals surface area contributed by atoms with E-state index in [0.717, 1.165) is 5.56 Å². The number of rotatable bonds is 4. The molecule has 0 atom stereocenters. The summed E-state index contributed by atoms with van der Waals surface area (Å²) in [6, 6.07) is 7.58. The molecular formula is C12H13NO3. The topological polar surface area (TPSA) is 51.5 Å². The number of benzene rings is 1. The van der Waals surface area contributed by atoms with E-state index in [1.54, 1.807) is 19.2 Å². The number of hydrogen-bond donors (Lipinski definition) is 0. The Hall–Kier alpha value is -1.57. The first-order valence-corrected chi connectivity index (χ1v) is 5.10. The fourth-order valence-corrected chi connectivity index (χ4v) is 1.46. The SMILES string of the molecule is COc1ccc(COC2COC2)cc1C#N. The highest BCUT2D eigenvalue weighted by Gasteiger charge is 2.18. The van der Waals surface area contributed by atoms with Gasteiger partial charge in [0.2, 0.25) is 0 Å². The highest BCUT2D eigenvalue weighted by molar-refractivity contribution is 5.45. The second-order valence-corrected chi connectivity index (χ2v) is 3.62. The van der Waals surface area contributed by atoms with Crippen LogP contribution in [0.15, 0.2) is 18.2 Å². The molecule has 1 aromatic rings. The minimum atomic E-state index is 0.202. The molecule has 0 amide bonds. The molecule has 0 spiro atoms. The number of nitrogens with zero attached hydrogens (tertiary/aromatic N) is 1. The van der Waals surface area contributed by atoms with Crippen molar-refractivity contribution in [3.05, 3.63) is 29.3 Å². The van der Waals surface area contributed by atoms with Gasteiger partial charge in [-0.05, 0) is 17.7 Å². The first kappa shape index (κ1) is 10.9. The molecule has 0 aliphatic carbocycles. The summed E-state index contributed by atoms with van der Waals surface area (Å²) in [5.41, 5.74) is 1.51. The van der Waals surface area contributed by atoms with Gasteiger partial charge in [-0.15, -0.1) is 0 Å². The van der Waals surface area contributed by atoms with Gasteiger partial charge in [0.15, 0.2) is 0 Å². The maximum atomic E-state index is 8.92. The molecule has 1 fully saturated rings. The summed E-state index contributed by atoms with van der Waals surface area (Å²) in [4.78, 5) is 0. The molecule has 1 heterocycles. The summed E-state index contributed by atoms with van der Waals surface area (Å²) >= 11 is 0. The largest absolute Gasteiger partial charge is 0.495 e. The minimum absolute atomic E-state index is 0.202. The average molecular weight is 219 g/mol. The molecule has 0 aromatic heterocycles. The molecule has 4 heteroatoms. The van der Waals surface area contributed by atoms with Crippen molar-refractivity contribution < 1.29 is 14.2 Å². The quantitative estimate of drug-likeness (QED) is 0.769. The molecule has 1 aliphatic rings. The van der Waals surface area contributed by atoms with Crippen LogP contribution in [0.25, 0.3) is 0 Å². The third-order valence-electron chi connectivity index (χ3n) is 2.48. The van der Waals surface area contributed by atoms with Gasteiger partial charge in [-0.1, -0.05) is 6.07 Å². The van der Waals surface area contributed by atoms with Crippen LogP contribution < -0.4 is 4.74 Å². The summed E-state index contributed by atoms with van der Waals surface area (Å²) in [7, 11) is 1.55. The van der Waals surface area contributed by atoms with Crippen molar-refractivity contribution in [1.82, 2.24) is 0 Å². The van der Waals surface area contributed by atoms with Crippen LogP contribution in [-0.4, -0.2) is 26.4 Å². The average Bonchev–Trinajstić information content (AvgIpc) is 2.26. The highest BCUT2D eigenvalue weighted by atomic mass is 16.6. The zero-order valence-electron chi connectivity index (χ0n) is 9.10. The van der Waals surface area contributed by atoms with Crippen LogP contribution >= 0.6 is 0 Å². The predicted octanol–water partition coefficient (Wildman–Crippen LogP) is 1.48. The molecule has 0 unspecified atom stereocenters. The van der Waals surface area contributed by atoms with E-state index in [-0.39, 0.29) is 6.10 Å². The third-order valence-corrected chi connectivity index (χ3v) is 2.48. The van der Waals surface area contributed by atoms with Gasteiger partial charge in [-0.2, -0.15) is 5.26 Å². The maximum Gasteiger partial charge on any atom is 0.136 e. The highest BCUT2D eigenvalue weighted by Crippen LogP contribution is 2.20. The summed E-state index contributed by atoms with van der Waals surface area (Å²) in [6.07, 6.45) is 0.202. The Kier molecular flexibility index (Phi) is 3.40. The van der Waals surface area contributed by atoms with Crippen molar-refractivity contribution in [3.8, 4) is 11.8 Å². The van der Waals surface area contributed by atoms with Gasteiger partial charge in [-0.3, -0.25) is 0 Å². The molecular weight excluding hydrogens is 206 g/mol. The lowest BCUT2D eigenvalue weighted by atomic mass is 10.1. The summed E-state index contributed by atoms with van der Waals surface area (Å²) in [6.45, 7) is 1.84. The van der Waals surface area contributed by atoms with Gasteiger partial charge >= 0.3 is 0 Å². The van der Waals surface area contributed by atoms with Crippen molar-refractivity contribution in [2.75, 3.05) is 20.3 Å². The van der Waals surface area contributed by atoms with Gasteiger partial charge < -0.3 is 14.2 Å². The van der Waals surface area contributed by atoms with E-state index >= 15 is 0 Å². The fraction of sp³-hybridized carbons (Fsp3) is 0.417. The molecule has 1 aliphatic heterocycles. The Bertz CT molecular complexity index is 407. The van der Waals surface area contributed by atoms with Crippen LogP contribution in [0.1, 0.15) is 11.1 Å². The van der Waals surface area contributed by atoms with E-state index in [1.165, 1.54) is 0 Å². The van der Waals surface area contributed by atoms with E-state index in [4.69, 9.17) is 19.5 Å². The first-order valence-electron chi connectivity index (χ1n) is 5.10. The molecule has 2 rings (SSSR count). The Balaban J connectivity index is 2.01. The third kappa shape index (κ3) is 2.32. The van der Waals surface area contributed by atoms with Crippen LogP contribution in [0.3, 0.4) is 0 Å². The monoisotopic (exact) mass is 219 g/mol. The number of methoxy groups -OCH3 is 1. The molecule has 1 saturated heterocycles. The van der Waals surface area contributed by atoms with Crippen LogP contribution in [0.2, 0.25) is 0 Å². The molecule has 0 radical (unpaired) electrons. The lowest BCUT2D eigenvalue weighted by molar-refractivity contribution is -0.135. The van der Waals surface area contributed by atoms with E-state index in [2.05, 4.69) is 6.07 Å². The van der Waals surface area contributed by atoms with Crippen LogP contribution in [-0.2, 0) is 16.1 Å². The van der Waals surface area contributed by atoms with Crippen molar-refractivity contribution in [2.24, 2.45) is 0 Å². The van der Waals surface area contributed by atoms with Gasteiger partial charge in [0.25, 0.3) is 0 Å². The molecule has 0 saturated carbocycles. The lowest BCUT2D eigenvalue weighted by Crippen LogP contribution is -2.35. The zero-order valence-corrected chi connectivity index (χ0v) is 9.10. The fourth-order valence-electron chi connectivity index (χ4n) is 1.46. The van der Waals surface area contributed by atoms with Crippen molar-refractivity contribution in [1.29, 1.82) is 5.26 Å². The van der Waals surface area contributed by atoms with E-state index in [1.807, 2.05) is 6.07 Å². The van der Waals surface area contributed by atoms with Crippen LogP contribution in [0.5, 0.6) is 5.75 Å². The summed E-state index contributed by atoms with van der Waals surface area (Å²) in [5.74, 6) is 0.596. The number of nitriles is 1. The Labute approximate surface area is 94.3 Å². The molecule has 4 nitrogen and oxygen atoms in total.